The molecule has 0 aromatic heterocycles. The average molecular weight is 541 g/mol. The van der Waals surface area contributed by atoms with E-state index in [2.05, 4.69) is 10.2 Å². The second kappa shape index (κ2) is 11.9. The molecule has 8 heteroatoms. The number of hydrogen-bond acceptors (Lipinski definition) is 6. The first-order valence-corrected chi connectivity index (χ1v) is 13.2. The van der Waals surface area contributed by atoms with Crippen molar-refractivity contribution in [2.45, 2.75) is 6.42 Å². The third-order valence-corrected chi connectivity index (χ3v) is 7.38. The number of hydrogen-bond donors (Lipinski definition) is 1. The second-order valence-corrected chi connectivity index (χ2v) is 10.0. The number of likely N-dealkylation sites (N-methyl/N-ethyl adjacent to an activating group) is 2. The Kier molecular flexibility index (Phi) is 7.34. The summed E-state index contributed by atoms with van der Waals surface area (Å²) in [6.07, 6.45) is 0.436. The number of ether oxygens (including phenoxy) is 1. The van der Waals surface area contributed by atoms with Crippen LogP contribution in [0.25, 0.3) is 11.1 Å². The van der Waals surface area contributed by atoms with E-state index < -0.39 is 18.4 Å². The zero-order chi connectivity index (χ0) is 30.0. The maximum Gasteiger partial charge on any atom is 0.337 e. The first-order valence-electron chi connectivity index (χ1n) is 14.2. The molecule has 0 aliphatic carbocycles. The normalized spacial score (nSPS) is 17.8. The number of rotatable bonds is 7. The van der Waals surface area contributed by atoms with Crippen LogP contribution in [0.15, 0.2) is 72.8 Å². The van der Waals surface area contributed by atoms with Crippen molar-refractivity contribution in [3.8, 4) is 0 Å². The van der Waals surface area contributed by atoms with Gasteiger partial charge in [0.15, 0.2) is 0 Å². The van der Waals surface area contributed by atoms with Crippen molar-refractivity contribution in [1.82, 2.24) is 9.80 Å². The highest BCUT2D eigenvalue weighted by Crippen LogP contribution is 2.39. The number of allylic oxidation sites excluding steroid dienone is 1. The summed E-state index contributed by atoms with van der Waals surface area (Å²) in [6.45, 7) is 0.272. The highest BCUT2D eigenvalue weighted by atomic mass is 16.5. The van der Waals surface area contributed by atoms with Gasteiger partial charge in [0.05, 0.1) is 27.5 Å². The van der Waals surface area contributed by atoms with E-state index in [1.165, 1.54) is 12.0 Å². The summed E-state index contributed by atoms with van der Waals surface area (Å²) in [4.78, 5) is 43.6. The number of benzene rings is 3. The monoisotopic (exact) mass is 540 g/mol. The molecule has 0 unspecified atom stereocenters. The van der Waals surface area contributed by atoms with Gasteiger partial charge in [-0.1, -0.05) is 48.5 Å². The Balaban J connectivity index is 1.42. The summed E-state index contributed by atoms with van der Waals surface area (Å²) >= 11 is 0. The van der Waals surface area contributed by atoms with Crippen molar-refractivity contribution in [3.63, 3.8) is 0 Å². The van der Waals surface area contributed by atoms with Gasteiger partial charge in [-0.2, -0.15) is 0 Å². The van der Waals surface area contributed by atoms with Crippen LogP contribution in [0.1, 0.15) is 29.8 Å². The molecule has 0 saturated carbocycles. The molecule has 0 radical (unpaired) electrons. The second-order valence-electron chi connectivity index (χ2n) is 10.0. The first-order chi connectivity index (χ1) is 20.1. The van der Waals surface area contributed by atoms with Gasteiger partial charge in [0.25, 0.3) is 5.91 Å². The summed E-state index contributed by atoms with van der Waals surface area (Å²) in [5, 5.41) is 2.89. The first kappa shape index (κ1) is 24.7. The van der Waals surface area contributed by atoms with Gasteiger partial charge >= 0.3 is 5.97 Å². The Bertz CT molecular complexity index is 1530. The van der Waals surface area contributed by atoms with Crippen LogP contribution in [0.2, 0.25) is 0 Å². The molecule has 0 spiro atoms. The van der Waals surface area contributed by atoms with Crippen LogP contribution in [0.4, 0.5) is 11.4 Å². The van der Waals surface area contributed by atoms with E-state index in [0.717, 1.165) is 16.7 Å². The maximum atomic E-state index is 13.3. The summed E-state index contributed by atoms with van der Waals surface area (Å²) in [6, 6.07) is 22.1. The maximum absolute atomic E-state index is 13.3. The predicted octanol–water partition coefficient (Wildman–Crippen LogP) is 3.79. The minimum absolute atomic E-state index is 0.251. The SMILES string of the molecule is [2H]C([2H])(C(=O)N(C)c1ccc(C/C(=C2\C(=O)Nc3cc(C(=O)OC)ccc32)c2ccccc2)cc1)N1CCN(C)CC1. The van der Waals surface area contributed by atoms with Gasteiger partial charge in [0, 0.05) is 50.2 Å². The molecule has 5 rings (SSSR count). The Morgan fingerprint density at radius 3 is 2.35 bits per heavy atom. The van der Waals surface area contributed by atoms with E-state index in [0.29, 0.717) is 60.7 Å². The highest BCUT2D eigenvalue weighted by molar-refractivity contribution is 6.37. The molecule has 0 atom stereocenters. The van der Waals surface area contributed by atoms with Gasteiger partial charge in [-0.3, -0.25) is 14.5 Å². The zero-order valence-electron chi connectivity index (χ0n) is 24.9. The van der Waals surface area contributed by atoms with E-state index in [4.69, 9.17) is 7.48 Å². The van der Waals surface area contributed by atoms with Crippen molar-refractivity contribution in [2.24, 2.45) is 0 Å². The van der Waals surface area contributed by atoms with Crippen LogP contribution in [0, 0.1) is 0 Å². The molecule has 2 aliphatic heterocycles. The van der Waals surface area contributed by atoms with Crippen LogP contribution < -0.4 is 10.2 Å². The minimum atomic E-state index is -2.11. The fourth-order valence-corrected chi connectivity index (χ4v) is 4.98. The fourth-order valence-electron chi connectivity index (χ4n) is 4.98. The Hall–Kier alpha value is -4.27. The zero-order valence-corrected chi connectivity index (χ0v) is 22.9. The minimum Gasteiger partial charge on any atom is -0.465 e. The highest BCUT2D eigenvalue weighted by Gasteiger charge is 2.29. The van der Waals surface area contributed by atoms with E-state index in [9.17, 15) is 14.4 Å². The summed E-state index contributed by atoms with van der Waals surface area (Å²) in [5.74, 6) is -1.34. The number of amides is 2. The number of fused-ring (bicyclic) bond motifs is 1. The molecule has 40 heavy (non-hydrogen) atoms. The summed E-state index contributed by atoms with van der Waals surface area (Å²) in [5.41, 5.74) is 5.35. The molecule has 3 aromatic rings. The lowest BCUT2D eigenvalue weighted by Gasteiger charge is -2.32. The standard InChI is InChI=1S/C32H34N4O4/c1-34-15-17-36(18-16-34)21-29(37)35(2)25-12-9-22(10-13-25)19-27(23-7-5-4-6-8-23)30-26-14-11-24(32(39)40-3)20-28(26)33-31(30)38/h4-14,20H,15-19,21H2,1-3H3,(H,33,38)/b30-27+/i21D2. The summed E-state index contributed by atoms with van der Waals surface area (Å²) < 4.78 is 21.9. The smallest absolute Gasteiger partial charge is 0.337 e. The van der Waals surface area contributed by atoms with E-state index >= 15 is 0 Å². The lowest BCUT2D eigenvalue weighted by atomic mass is 9.90. The number of carbonyl (C=O) groups is 3. The van der Waals surface area contributed by atoms with E-state index in [1.54, 1.807) is 42.3 Å². The van der Waals surface area contributed by atoms with Crippen LogP contribution in [0.5, 0.6) is 0 Å². The van der Waals surface area contributed by atoms with Crippen molar-refractivity contribution in [1.29, 1.82) is 0 Å². The van der Waals surface area contributed by atoms with E-state index in [1.807, 2.05) is 49.5 Å². The Labute approximate surface area is 237 Å². The van der Waals surface area contributed by atoms with Crippen molar-refractivity contribution in [2.75, 3.05) is 64.1 Å². The number of nitrogens with one attached hydrogen (secondary N) is 1. The lowest BCUT2D eigenvalue weighted by molar-refractivity contribution is -0.119. The van der Waals surface area contributed by atoms with Crippen molar-refractivity contribution >= 4 is 40.3 Å². The predicted molar refractivity (Wildman–Crippen MR) is 157 cm³/mol. The lowest BCUT2D eigenvalue weighted by Crippen LogP contribution is -2.48. The molecular weight excluding hydrogens is 504 g/mol. The molecule has 206 valence electrons. The van der Waals surface area contributed by atoms with Crippen molar-refractivity contribution in [3.05, 3.63) is 95.1 Å². The number of piperazine rings is 1. The molecule has 2 aliphatic rings. The molecule has 0 bridgehead atoms. The Morgan fingerprint density at radius 1 is 0.975 bits per heavy atom. The third-order valence-electron chi connectivity index (χ3n) is 7.38. The molecule has 2 amide bonds. The van der Waals surface area contributed by atoms with Crippen molar-refractivity contribution < 1.29 is 21.9 Å². The van der Waals surface area contributed by atoms with Gasteiger partial charge in [-0.25, -0.2) is 4.79 Å². The molecule has 3 aromatic carbocycles. The van der Waals surface area contributed by atoms with Gasteiger partial charge in [0.1, 0.15) is 0 Å². The van der Waals surface area contributed by atoms with Gasteiger partial charge < -0.3 is 19.9 Å². The topological polar surface area (TPSA) is 82.2 Å². The van der Waals surface area contributed by atoms with E-state index in [-0.39, 0.29) is 5.91 Å². The Morgan fingerprint density at radius 2 is 1.68 bits per heavy atom. The van der Waals surface area contributed by atoms with Crippen LogP contribution in [-0.2, 0) is 20.7 Å². The average Bonchev–Trinajstić information content (AvgIpc) is 3.34. The number of nitrogens with zero attached hydrogens (tertiary/aromatic N) is 3. The third kappa shape index (κ3) is 5.83. The van der Waals surface area contributed by atoms with Crippen LogP contribution in [-0.4, -0.2) is 81.5 Å². The number of anilines is 2. The largest absolute Gasteiger partial charge is 0.465 e. The molecule has 1 N–H and O–H groups in total. The van der Waals surface area contributed by atoms with Crippen LogP contribution >= 0.6 is 0 Å². The molecule has 8 nitrogen and oxygen atoms in total. The number of carbonyl (C=O) groups excluding carboxylic acids is 3. The van der Waals surface area contributed by atoms with Gasteiger partial charge in [0.2, 0.25) is 5.91 Å². The van der Waals surface area contributed by atoms with Gasteiger partial charge in [-0.05, 0) is 54.4 Å². The fraction of sp³-hybridized carbons (Fsp3) is 0.281. The molecule has 1 saturated heterocycles. The number of esters is 1. The quantitative estimate of drug-likeness (QED) is 0.363. The molecule has 2 heterocycles. The summed E-state index contributed by atoms with van der Waals surface area (Å²) in [7, 11) is 4.89. The molecular formula is C32H34N4O4. The number of methoxy groups -OCH3 is 1. The van der Waals surface area contributed by atoms with Crippen LogP contribution in [0.3, 0.4) is 0 Å². The molecule has 1 fully saturated rings. The van der Waals surface area contributed by atoms with Gasteiger partial charge in [-0.15, -0.1) is 0 Å².